The maximum absolute atomic E-state index is 12.3. The number of hydrogen-bond acceptors (Lipinski definition) is 6. The maximum Gasteiger partial charge on any atom is 0.272 e. The molecule has 0 fully saturated rings. The molecule has 9 heteroatoms. The Hall–Kier alpha value is -3.62. The van der Waals surface area contributed by atoms with Gasteiger partial charge in [0, 0.05) is 17.8 Å². The number of H-pyrrole nitrogens is 1. The summed E-state index contributed by atoms with van der Waals surface area (Å²) < 4.78 is 1.63. The van der Waals surface area contributed by atoms with Crippen LogP contribution in [0.1, 0.15) is 22.0 Å². The Morgan fingerprint density at radius 3 is 2.88 bits per heavy atom. The molecule has 3 aromatic heterocycles. The molecular formula is C16H14N8O. The van der Waals surface area contributed by atoms with Crippen LogP contribution in [0.15, 0.2) is 48.9 Å². The number of carbonyl (C=O) groups excluding carboxylic acids is 1. The van der Waals surface area contributed by atoms with Gasteiger partial charge in [0.25, 0.3) is 5.91 Å². The average Bonchev–Trinajstić information content (AvgIpc) is 3.27. The molecule has 4 aromatic rings. The summed E-state index contributed by atoms with van der Waals surface area (Å²) in [5.74, 6) is 0.379. The lowest BCUT2D eigenvalue weighted by molar-refractivity contribution is 0.0947. The van der Waals surface area contributed by atoms with Gasteiger partial charge in [0.05, 0.1) is 18.3 Å². The second-order valence-electron chi connectivity index (χ2n) is 5.37. The quantitative estimate of drug-likeness (QED) is 0.561. The summed E-state index contributed by atoms with van der Waals surface area (Å²) in [6.45, 7) is 0.682. The molecule has 1 amide bonds. The van der Waals surface area contributed by atoms with E-state index in [-0.39, 0.29) is 12.5 Å². The summed E-state index contributed by atoms with van der Waals surface area (Å²) in [7, 11) is 0. The van der Waals surface area contributed by atoms with Crippen LogP contribution in [0, 0.1) is 0 Å². The second kappa shape index (κ2) is 6.48. The zero-order valence-electron chi connectivity index (χ0n) is 13.1. The smallest absolute Gasteiger partial charge is 0.272 e. The van der Waals surface area contributed by atoms with Crippen molar-refractivity contribution in [2.45, 2.75) is 13.1 Å². The molecule has 0 saturated heterocycles. The van der Waals surface area contributed by atoms with E-state index in [0.717, 1.165) is 10.9 Å². The van der Waals surface area contributed by atoms with Crippen LogP contribution >= 0.6 is 0 Å². The number of hydrogen-bond donors (Lipinski definition) is 2. The van der Waals surface area contributed by atoms with Crippen LogP contribution in [0.25, 0.3) is 10.9 Å². The summed E-state index contributed by atoms with van der Waals surface area (Å²) in [5.41, 5.74) is 1.83. The summed E-state index contributed by atoms with van der Waals surface area (Å²) in [4.78, 5) is 20.6. The molecule has 2 N–H and O–H groups in total. The van der Waals surface area contributed by atoms with E-state index in [1.165, 1.54) is 0 Å². The minimum atomic E-state index is -0.265. The summed E-state index contributed by atoms with van der Waals surface area (Å²) in [6.07, 6.45) is 5.10. The van der Waals surface area contributed by atoms with Crippen LogP contribution in [0.4, 0.5) is 0 Å². The van der Waals surface area contributed by atoms with Crippen LogP contribution in [0.3, 0.4) is 0 Å². The normalized spacial score (nSPS) is 10.9. The third-order valence-corrected chi connectivity index (χ3v) is 3.62. The van der Waals surface area contributed by atoms with E-state index >= 15 is 0 Å². The fraction of sp³-hybridized carbons (Fsp3) is 0.125. The summed E-state index contributed by atoms with van der Waals surface area (Å²) >= 11 is 0. The number of nitrogens with zero attached hydrogens (tertiary/aromatic N) is 6. The van der Waals surface area contributed by atoms with Crippen molar-refractivity contribution in [3.63, 3.8) is 0 Å². The molecule has 0 unspecified atom stereocenters. The molecule has 0 saturated carbocycles. The van der Waals surface area contributed by atoms with E-state index in [0.29, 0.717) is 23.8 Å². The third kappa shape index (κ3) is 3.20. The number of aromatic amines is 1. The minimum absolute atomic E-state index is 0.260. The molecule has 0 spiro atoms. The Balaban J connectivity index is 1.41. The molecule has 4 rings (SSSR count). The lowest BCUT2D eigenvalue weighted by Gasteiger charge is -2.00. The predicted molar refractivity (Wildman–Crippen MR) is 88.4 cm³/mol. The highest BCUT2D eigenvalue weighted by molar-refractivity contribution is 6.04. The number of fused-ring (bicyclic) bond motifs is 1. The lowest BCUT2D eigenvalue weighted by Crippen LogP contribution is -2.23. The molecule has 3 heterocycles. The number of aromatic nitrogens is 7. The van der Waals surface area contributed by atoms with E-state index in [2.05, 4.69) is 35.8 Å². The molecule has 0 aliphatic heterocycles. The van der Waals surface area contributed by atoms with Crippen LogP contribution < -0.4 is 5.32 Å². The van der Waals surface area contributed by atoms with E-state index in [4.69, 9.17) is 0 Å². The van der Waals surface area contributed by atoms with Gasteiger partial charge in [0.2, 0.25) is 0 Å². The lowest BCUT2D eigenvalue weighted by atomic mass is 10.2. The molecular weight excluding hydrogens is 320 g/mol. The van der Waals surface area contributed by atoms with Crippen molar-refractivity contribution in [3.8, 4) is 0 Å². The minimum Gasteiger partial charge on any atom is -0.345 e. The maximum atomic E-state index is 12.3. The van der Waals surface area contributed by atoms with Gasteiger partial charge < -0.3 is 5.32 Å². The molecule has 1 aromatic carbocycles. The van der Waals surface area contributed by atoms with Crippen molar-refractivity contribution in [2.75, 3.05) is 0 Å². The predicted octanol–water partition coefficient (Wildman–Crippen LogP) is 0.923. The second-order valence-corrected chi connectivity index (χ2v) is 5.37. The Morgan fingerprint density at radius 1 is 1.16 bits per heavy atom. The van der Waals surface area contributed by atoms with E-state index in [1.807, 2.05) is 24.3 Å². The van der Waals surface area contributed by atoms with Crippen LogP contribution in [0.2, 0.25) is 0 Å². The molecule has 124 valence electrons. The van der Waals surface area contributed by atoms with Gasteiger partial charge in [-0.2, -0.15) is 5.10 Å². The Labute approximate surface area is 142 Å². The first kappa shape index (κ1) is 14.9. The average molecular weight is 334 g/mol. The molecule has 25 heavy (non-hydrogen) atoms. The molecule has 0 bridgehead atoms. The molecule has 0 atom stereocenters. The van der Waals surface area contributed by atoms with E-state index in [1.54, 1.807) is 29.3 Å². The Kier molecular flexibility index (Phi) is 3.87. The van der Waals surface area contributed by atoms with Crippen molar-refractivity contribution in [3.05, 3.63) is 66.1 Å². The van der Waals surface area contributed by atoms with Crippen LogP contribution in [-0.2, 0) is 13.1 Å². The van der Waals surface area contributed by atoms with Crippen molar-refractivity contribution in [1.82, 2.24) is 40.5 Å². The standard InChI is InChI=1S/C16H14N8O/c25-16(15-12-4-1-2-5-13(12)21-22-15)19-8-11-9-24(23-20-11)10-14-17-6-3-7-18-14/h1-7,9H,8,10H2,(H,19,25)(H,21,22). The number of benzene rings is 1. The van der Waals surface area contributed by atoms with Gasteiger partial charge in [0.15, 0.2) is 5.69 Å². The topological polar surface area (TPSA) is 114 Å². The fourth-order valence-corrected chi connectivity index (χ4v) is 2.44. The van der Waals surface area contributed by atoms with Crippen molar-refractivity contribution in [2.24, 2.45) is 0 Å². The van der Waals surface area contributed by atoms with E-state index < -0.39 is 0 Å². The largest absolute Gasteiger partial charge is 0.345 e. The number of para-hydroxylation sites is 1. The zero-order valence-corrected chi connectivity index (χ0v) is 13.1. The number of carbonyl (C=O) groups is 1. The van der Waals surface area contributed by atoms with Crippen molar-refractivity contribution < 1.29 is 4.79 Å². The van der Waals surface area contributed by atoms with Crippen LogP contribution in [0.5, 0.6) is 0 Å². The monoisotopic (exact) mass is 334 g/mol. The van der Waals surface area contributed by atoms with Gasteiger partial charge >= 0.3 is 0 Å². The highest BCUT2D eigenvalue weighted by Gasteiger charge is 2.14. The fourth-order valence-electron chi connectivity index (χ4n) is 2.44. The highest BCUT2D eigenvalue weighted by Crippen LogP contribution is 2.14. The van der Waals surface area contributed by atoms with E-state index in [9.17, 15) is 4.79 Å². The Morgan fingerprint density at radius 2 is 2.00 bits per heavy atom. The van der Waals surface area contributed by atoms with Crippen molar-refractivity contribution in [1.29, 1.82) is 0 Å². The Bertz CT molecular complexity index is 1010. The zero-order chi connectivity index (χ0) is 17.1. The van der Waals surface area contributed by atoms with Crippen molar-refractivity contribution >= 4 is 16.8 Å². The number of rotatable bonds is 5. The molecule has 0 radical (unpaired) electrons. The molecule has 9 nitrogen and oxygen atoms in total. The number of amides is 1. The SMILES string of the molecule is O=C(NCc1cn(Cc2ncccn2)nn1)c1n[nH]c2ccccc12. The summed E-state index contributed by atoms with van der Waals surface area (Å²) in [5, 5.41) is 18.6. The van der Waals surface area contributed by atoms with Gasteiger partial charge in [-0.25, -0.2) is 14.6 Å². The van der Waals surface area contributed by atoms with Gasteiger partial charge in [-0.15, -0.1) is 5.10 Å². The first-order chi connectivity index (χ1) is 12.3. The van der Waals surface area contributed by atoms with Gasteiger partial charge in [0.1, 0.15) is 18.1 Å². The first-order valence-corrected chi connectivity index (χ1v) is 7.66. The molecule has 0 aliphatic rings. The third-order valence-electron chi connectivity index (χ3n) is 3.62. The van der Waals surface area contributed by atoms with Gasteiger partial charge in [-0.1, -0.05) is 23.4 Å². The first-order valence-electron chi connectivity index (χ1n) is 7.66. The highest BCUT2D eigenvalue weighted by atomic mass is 16.1. The number of nitrogens with one attached hydrogen (secondary N) is 2. The van der Waals surface area contributed by atoms with Gasteiger partial charge in [-0.3, -0.25) is 9.89 Å². The summed E-state index contributed by atoms with van der Waals surface area (Å²) in [6, 6.07) is 9.23. The van der Waals surface area contributed by atoms with Gasteiger partial charge in [-0.05, 0) is 12.1 Å². The van der Waals surface area contributed by atoms with Crippen LogP contribution in [-0.4, -0.2) is 41.1 Å². The molecule has 0 aliphatic carbocycles.